The van der Waals surface area contributed by atoms with Crippen molar-refractivity contribution < 1.29 is 14.7 Å². The van der Waals surface area contributed by atoms with Crippen LogP contribution in [0, 0.1) is 3.57 Å². The van der Waals surface area contributed by atoms with Crippen LogP contribution in [0.4, 0.5) is 0 Å². The number of rotatable bonds is 7. The molecule has 0 aromatic heterocycles. The third-order valence-electron chi connectivity index (χ3n) is 3.75. The summed E-state index contributed by atoms with van der Waals surface area (Å²) in [7, 11) is 1.63. The molecule has 2 rings (SSSR count). The van der Waals surface area contributed by atoms with Gasteiger partial charge >= 0.3 is 0 Å². The van der Waals surface area contributed by atoms with Gasteiger partial charge in [0.1, 0.15) is 5.75 Å². The van der Waals surface area contributed by atoms with Gasteiger partial charge in [-0.3, -0.25) is 9.59 Å². The molecule has 0 atom stereocenters. The first kappa shape index (κ1) is 19.2. The Hall–Kier alpha value is -2.09. The molecule has 0 unspecified atom stereocenters. The molecule has 0 heterocycles. The lowest BCUT2D eigenvalue weighted by Crippen LogP contribution is -2.38. The van der Waals surface area contributed by atoms with Crippen LogP contribution in [0.5, 0.6) is 5.75 Å². The van der Waals surface area contributed by atoms with E-state index in [0.717, 1.165) is 14.7 Å². The number of nitrogens with one attached hydrogen (secondary N) is 1. The van der Waals surface area contributed by atoms with Crippen molar-refractivity contribution in [2.24, 2.45) is 0 Å². The fraction of sp³-hybridized carbons (Fsp3) is 0.263. The van der Waals surface area contributed by atoms with E-state index in [-0.39, 0.29) is 24.1 Å². The van der Waals surface area contributed by atoms with Crippen LogP contribution in [0.3, 0.4) is 0 Å². The van der Waals surface area contributed by atoms with Gasteiger partial charge in [0.2, 0.25) is 11.8 Å². The molecule has 0 aliphatic carbocycles. The SMILES string of the molecule is CN(CC(=O)NCc1cccc(O)c1)C(=O)CCc1ccc(I)cc1. The molecule has 5 nitrogen and oxygen atoms in total. The molecule has 0 aliphatic heterocycles. The second kappa shape index (κ2) is 9.41. The zero-order valence-electron chi connectivity index (χ0n) is 14.0. The molecule has 2 amide bonds. The van der Waals surface area contributed by atoms with Crippen molar-refractivity contribution in [2.75, 3.05) is 13.6 Å². The lowest BCUT2D eigenvalue weighted by molar-refractivity contribution is -0.134. The monoisotopic (exact) mass is 452 g/mol. The molecule has 0 spiro atoms. The Morgan fingerprint density at radius 1 is 1.12 bits per heavy atom. The van der Waals surface area contributed by atoms with Crippen LogP contribution in [0.1, 0.15) is 17.5 Å². The molecule has 2 aromatic rings. The fourth-order valence-corrected chi connectivity index (χ4v) is 2.68. The van der Waals surface area contributed by atoms with Crippen LogP contribution in [-0.2, 0) is 22.6 Å². The first-order valence-corrected chi connectivity index (χ1v) is 9.05. The first-order chi connectivity index (χ1) is 11.9. The highest BCUT2D eigenvalue weighted by molar-refractivity contribution is 14.1. The van der Waals surface area contributed by atoms with Crippen LogP contribution in [0.2, 0.25) is 0 Å². The molecule has 0 fully saturated rings. The predicted octanol–water partition coefficient (Wildman–Crippen LogP) is 2.70. The smallest absolute Gasteiger partial charge is 0.239 e. The van der Waals surface area contributed by atoms with Crippen LogP contribution < -0.4 is 5.32 Å². The van der Waals surface area contributed by atoms with Gasteiger partial charge in [0.05, 0.1) is 6.54 Å². The quantitative estimate of drug-likeness (QED) is 0.635. The van der Waals surface area contributed by atoms with E-state index in [1.807, 2.05) is 30.3 Å². The lowest BCUT2D eigenvalue weighted by atomic mass is 10.1. The summed E-state index contributed by atoms with van der Waals surface area (Å²) in [4.78, 5) is 25.5. The van der Waals surface area contributed by atoms with Crippen molar-refractivity contribution in [2.45, 2.75) is 19.4 Å². The Kier molecular flexibility index (Phi) is 7.24. The van der Waals surface area contributed by atoms with Crippen molar-refractivity contribution in [3.63, 3.8) is 0 Å². The highest BCUT2D eigenvalue weighted by Gasteiger charge is 2.13. The Morgan fingerprint density at radius 2 is 1.84 bits per heavy atom. The number of carbonyl (C=O) groups is 2. The number of benzene rings is 2. The summed E-state index contributed by atoms with van der Waals surface area (Å²) in [6.07, 6.45) is 1.03. The minimum atomic E-state index is -0.228. The molecule has 0 saturated heterocycles. The Balaban J connectivity index is 1.74. The maximum Gasteiger partial charge on any atom is 0.239 e. The van der Waals surface area contributed by atoms with E-state index in [1.54, 1.807) is 25.2 Å². The number of halogens is 1. The zero-order valence-corrected chi connectivity index (χ0v) is 16.2. The molecule has 132 valence electrons. The van der Waals surface area contributed by atoms with Crippen molar-refractivity contribution in [3.8, 4) is 5.75 Å². The first-order valence-electron chi connectivity index (χ1n) is 7.97. The average Bonchev–Trinajstić information content (AvgIpc) is 2.59. The zero-order chi connectivity index (χ0) is 18.2. The van der Waals surface area contributed by atoms with Gasteiger partial charge in [-0.2, -0.15) is 0 Å². The molecular formula is C19H21IN2O3. The van der Waals surface area contributed by atoms with Crippen LogP contribution in [0.15, 0.2) is 48.5 Å². The minimum Gasteiger partial charge on any atom is -0.508 e. The normalized spacial score (nSPS) is 10.3. The number of likely N-dealkylation sites (N-methyl/N-ethyl adjacent to an activating group) is 1. The summed E-state index contributed by atoms with van der Waals surface area (Å²) >= 11 is 2.24. The second-order valence-electron chi connectivity index (χ2n) is 5.82. The average molecular weight is 452 g/mol. The number of carbonyl (C=O) groups excluding carboxylic acids is 2. The van der Waals surface area contributed by atoms with Gasteiger partial charge in [-0.25, -0.2) is 0 Å². The molecule has 6 heteroatoms. The molecule has 25 heavy (non-hydrogen) atoms. The number of aryl methyl sites for hydroxylation is 1. The van der Waals surface area contributed by atoms with Gasteiger partial charge in [0.15, 0.2) is 0 Å². The largest absolute Gasteiger partial charge is 0.508 e. The van der Waals surface area contributed by atoms with E-state index in [9.17, 15) is 14.7 Å². The summed E-state index contributed by atoms with van der Waals surface area (Å²) in [6.45, 7) is 0.336. The summed E-state index contributed by atoms with van der Waals surface area (Å²) < 4.78 is 1.16. The number of amides is 2. The summed E-state index contributed by atoms with van der Waals surface area (Å²) in [6, 6.07) is 14.8. The van der Waals surface area contributed by atoms with E-state index >= 15 is 0 Å². The summed E-state index contributed by atoms with van der Waals surface area (Å²) in [5.41, 5.74) is 1.91. The number of phenols is 1. The van der Waals surface area contributed by atoms with Crippen molar-refractivity contribution >= 4 is 34.4 Å². The maximum atomic E-state index is 12.1. The molecule has 2 aromatic carbocycles. The van der Waals surface area contributed by atoms with Gasteiger partial charge in [0.25, 0.3) is 0 Å². The Morgan fingerprint density at radius 3 is 2.52 bits per heavy atom. The molecule has 2 N–H and O–H groups in total. The van der Waals surface area contributed by atoms with E-state index in [0.29, 0.717) is 19.4 Å². The van der Waals surface area contributed by atoms with Crippen molar-refractivity contribution in [1.29, 1.82) is 0 Å². The molecule has 0 aliphatic rings. The highest BCUT2D eigenvalue weighted by Crippen LogP contribution is 2.11. The number of phenolic OH excluding ortho intramolecular Hbond substituents is 1. The van der Waals surface area contributed by atoms with Crippen LogP contribution in [0.25, 0.3) is 0 Å². The van der Waals surface area contributed by atoms with E-state index in [2.05, 4.69) is 27.9 Å². The fourth-order valence-electron chi connectivity index (χ4n) is 2.32. The second-order valence-corrected chi connectivity index (χ2v) is 7.07. The summed E-state index contributed by atoms with van der Waals surface area (Å²) in [5.74, 6) is -0.130. The number of hydrogen-bond acceptors (Lipinski definition) is 3. The minimum absolute atomic E-state index is 0.0182. The van der Waals surface area contributed by atoms with Crippen LogP contribution >= 0.6 is 22.6 Å². The van der Waals surface area contributed by atoms with E-state index in [4.69, 9.17) is 0 Å². The maximum absolute atomic E-state index is 12.1. The van der Waals surface area contributed by atoms with Crippen LogP contribution in [-0.4, -0.2) is 35.4 Å². The third kappa shape index (κ3) is 6.74. The molecular weight excluding hydrogens is 431 g/mol. The Bertz CT molecular complexity index is 732. The van der Waals surface area contributed by atoms with Gasteiger partial charge in [-0.1, -0.05) is 24.3 Å². The highest BCUT2D eigenvalue weighted by atomic mass is 127. The topological polar surface area (TPSA) is 69.6 Å². The Labute approximate surface area is 161 Å². The standard InChI is InChI=1S/C19H21IN2O3/c1-22(19(25)10-7-14-5-8-16(20)9-6-14)13-18(24)21-12-15-3-2-4-17(23)11-15/h2-6,8-9,11,23H,7,10,12-13H2,1H3,(H,21,24). The number of nitrogens with zero attached hydrogens (tertiary/aromatic N) is 1. The van der Waals surface area contributed by atoms with Gasteiger partial charge in [-0.05, 0) is 64.4 Å². The van der Waals surface area contributed by atoms with Gasteiger partial charge in [-0.15, -0.1) is 0 Å². The lowest BCUT2D eigenvalue weighted by Gasteiger charge is -2.17. The van der Waals surface area contributed by atoms with Gasteiger partial charge < -0.3 is 15.3 Å². The summed E-state index contributed by atoms with van der Waals surface area (Å²) in [5, 5.41) is 12.1. The van der Waals surface area contributed by atoms with Crippen molar-refractivity contribution in [3.05, 3.63) is 63.2 Å². The van der Waals surface area contributed by atoms with Gasteiger partial charge in [0, 0.05) is 23.6 Å². The molecule has 0 saturated carbocycles. The predicted molar refractivity (Wildman–Crippen MR) is 105 cm³/mol. The van der Waals surface area contributed by atoms with E-state index < -0.39 is 0 Å². The van der Waals surface area contributed by atoms with Crippen molar-refractivity contribution in [1.82, 2.24) is 10.2 Å². The van der Waals surface area contributed by atoms with E-state index in [1.165, 1.54) is 4.90 Å². The molecule has 0 radical (unpaired) electrons. The third-order valence-corrected chi connectivity index (χ3v) is 4.47. The number of hydrogen-bond donors (Lipinski definition) is 2. The number of aromatic hydroxyl groups is 1. The molecule has 0 bridgehead atoms.